The van der Waals surface area contributed by atoms with Gasteiger partial charge in [0.05, 0.1) is 24.0 Å². The van der Waals surface area contributed by atoms with E-state index in [1.54, 1.807) is 17.9 Å². The lowest BCUT2D eigenvalue weighted by Gasteiger charge is -2.42. The third kappa shape index (κ3) is 4.04. The van der Waals surface area contributed by atoms with Crippen molar-refractivity contribution in [1.29, 1.82) is 0 Å². The van der Waals surface area contributed by atoms with Crippen molar-refractivity contribution in [3.05, 3.63) is 57.1 Å². The third-order valence-electron chi connectivity index (χ3n) is 5.46. The van der Waals surface area contributed by atoms with Crippen LogP contribution in [0.3, 0.4) is 0 Å². The lowest BCUT2D eigenvalue weighted by Crippen LogP contribution is -2.57. The van der Waals surface area contributed by atoms with Crippen LogP contribution in [-0.4, -0.2) is 30.6 Å². The average Bonchev–Trinajstić information content (AvgIpc) is 2.69. The molecule has 1 N–H and O–H groups in total. The molecule has 1 heterocycles. The van der Waals surface area contributed by atoms with E-state index in [1.165, 1.54) is 0 Å². The molecule has 2 aromatic carbocycles. The second-order valence-electron chi connectivity index (χ2n) is 7.45. The van der Waals surface area contributed by atoms with Gasteiger partial charge in [0, 0.05) is 10.0 Å². The Morgan fingerprint density at radius 3 is 2.38 bits per heavy atom. The molecule has 0 saturated heterocycles. The summed E-state index contributed by atoms with van der Waals surface area (Å²) >= 11 is 3.49. The maximum atomic E-state index is 13.7. The van der Waals surface area contributed by atoms with Crippen LogP contribution in [0.1, 0.15) is 47.3 Å². The van der Waals surface area contributed by atoms with Crippen molar-refractivity contribution in [2.24, 2.45) is 0 Å². The van der Waals surface area contributed by atoms with E-state index in [-0.39, 0.29) is 18.6 Å². The van der Waals surface area contributed by atoms with Gasteiger partial charge in [-0.25, -0.2) is 4.79 Å². The molecule has 2 aromatic rings. The van der Waals surface area contributed by atoms with E-state index in [2.05, 4.69) is 21.2 Å². The minimum atomic E-state index is -0.731. The molecular formula is C23H27BrN2O3. The number of esters is 1. The molecule has 1 aliphatic rings. The van der Waals surface area contributed by atoms with Crippen LogP contribution in [0, 0.1) is 20.8 Å². The summed E-state index contributed by atoms with van der Waals surface area (Å²) in [6.07, 6.45) is 0.680. The molecule has 2 unspecified atom stereocenters. The zero-order valence-electron chi connectivity index (χ0n) is 17.5. The van der Waals surface area contributed by atoms with Gasteiger partial charge in [-0.2, -0.15) is 0 Å². The molecule has 29 heavy (non-hydrogen) atoms. The monoisotopic (exact) mass is 458 g/mol. The van der Waals surface area contributed by atoms with E-state index >= 15 is 0 Å². The molecule has 0 aliphatic carbocycles. The Labute approximate surface area is 180 Å². The molecule has 1 aliphatic heterocycles. The van der Waals surface area contributed by atoms with Gasteiger partial charge in [0.15, 0.2) is 6.04 Å². The first kappa shape index (κ1) is 21.4. The van der Waals surface area contributed by atoms with Crippen LogP contribution >= 0.6 is 15.9 Å². The highest BCUT2D eigenvalue weighted by Crippen LogP contribution is 2.38. The maximum Gasteiger partial charge on any atom is 0.331 e. The lowest BCUT2D eigenvalue weighted by atomic mass is 9.95. The van der Waals surface area contributed by atoms with Crippen LogP contribution in [0.25, 0.3) is 0 Å². The summed E-state index contributed by atoms with van der Waals surface area (Å²) in [5, 5.41) is 3.46. The third-order valence-corrected chi connectivity index (χ3v) is 6.35. The number of aryl methyl sites for hydroxylation is 3. The standard InChI is InChI=1S/C23H27BrN2O3/c1-6-18-21(23(28)29-7-2)26(20-12-14(4)13(3)11-19(20)25-18)22(27)16-8-9-17(24)15(5)10-16/h8-12,18,21,25H,6-7H2,1-5H3. The average molecular weight is 459 g/mol. The number of nitrogens with one attached hydrogen (secondary N) is 1. The molecule has 1 amide bonds. The Balaban J connectivity index is 2.18. The minimum Gasteiger partial charge on any atom is -0.464 e. The number of benzene rings is 2. The maximum absolute atomic E-state index is 13.7. The SMILES string of the molecule is CCOC(=O)C1C(CC)Nc2cc(C)c(C)cc2N1C(=O)c1ccc(Br)c(C)c1. The summed E-state index contributed by atoms with van der Waals surface area (Å²) < 4.78 is 6.30. The Bertz CT molecular complexity index is 957. The van der Waals surface area contributed by atoms with E-state index < -0.39 is 12.0 Å². The number of rotatable bonds is 4. The summed E-state index contributed by atoms with van der Waals surface area (Å²) in [6.45, 7) is 10.0. The molecule has 0 radical (unpaired) electrons. The molecule has 0 spiro atoms. The number of carbonyl (C=O) groups is 2. The smallest absolute Gasteiger partial charge is 0.331 e. The molecule has 0 fully saturated rings. The highest BCUT2D eigenvalue weighted by molar-refractivity contribution is 9.10. The van der Waals surface area contributed by atoms with Gasteiger partial charge in [-0.15, -0.1) is 0 Å². The predicted octanol–water partition coefficient (Wildman–Crippen LogP) is 5.16. The number of carbonyl (C=O) groups excluding carboxylic acids is 2. The van der Waals surface area contributed by atoms with Gasteiger partial charge in [0.2, 0.25) is 0 Å². The van der Waals surface area contributed by atoms with Crippen molar-refractivity contribution in [2.45, 2.75) is 53.1 Å². The molecule has 2 atom stereocenters. The minimum absolute atomic E-state index is 0.205. The van der Waals surface area contributed by atoms with Crippen LogP contribution in [0.15, 0.2) is 34.8 Å². The van der Waals surface area contributed by atoms with Gasteiger partial charge in [0.1, 0.15) is 0 Å². The highest BCUT2D eigenvalue weighted by atomic mass is 79.9. The zero-order chi connectivity index (χ0) is 21.3. The fourth-order valence-corrected chi connectivity index (χ4v) is 3.95. The van der Waals surface area contributed by atoms with E-state index in [0.717, 1.165) is 26.9 Å². The number of anilines is 2. The number of halogens is 1. The van der Waals surface area contributed by atoms with Gasteiger partial charge >= 0.3 is 5.97 Å². The zero-order valence-corrected chi connectivity index (χ0v) is 19.1. The quantitative estimate of drug-likeness (QED) is 0.642. The molecule has 154 valence electrons. The summed E-state index contributed by atoms with van der Waals surface area (Å²) in [6, 6.07) is 8.54. The first-order chi connectivity index (χ1) is 13.8. The number of hydrogen-bond acceptors (Lipinski definition) is 4. The molecule has 0 saturated carbocycles. The molecule has 0 aromatic heterocycles. The van der Waals surface area contributed by atoms with Gasteiger partial charge in [-0.1, -0.05) is 22.9 Å². The van der Waals surface area contributed by atoms with E-state index in [0.29, 0.717) is 17.7 Å². The molecule has 5 nitrogen and oxygen atoms in total. The van der Waals surface area contributed by atoms with Crippen molar-refractivity contribution in [3.8, 4) is 0 Å². The van der Waals surface area contributed by atoms with Gasteiger partial charge < -0.3 is 10.1 Å². The number of nitrogens with zero attached hydrogens (tertiary/aromatic N) is 1. The normalized spacial score (nSPS) is 18.1. The summed E-state index contributed by atoms with van der Waals surface area (Å²) in [5.74, 6) is -0.596. The fourth-order valence-electron chi connectivity index (χ4n) is 3.70. The van der Waals surface area contributed by atoms with Gasteiger partial charge in [0.25, 0.3) is 5.91 Å². The summed E-state index contributed by atoms with van der Waals surface area (Å²) in [7, 11) is 0. The van der Waals surface area contributed by atoms with E-state index in [4.69, 9.17) is 4.74 Å². The van der Waals surface area contributed by atoms with Crippen molar-refractivity contribution in [3.63, 3.8) is 0 Å². The van der Waals surface area contributed by atoms with Crippen LogP contribution in [0.2, 0.25) is 0 Å². The second-order valence-corrected chi connectivity index (χ2v) is 8.30. The Morgan fingerprint density at radius 2 is 1.76 bits per heavy atom. The van der Waals surface area contributed by atoms with Crippen LogP contribution in [0.5, 0.6) is 0 Å². The fraction of sp³-hybridized carbons (Fsp3) is 0.391. The Kier molecular flexibility index (Phi) is 6.32. The number of ether oxygens (including phenoxy) is 1. The second kappa shape index (κ2) is 8.57. The highest BCUT2D eigenvalue weighted by Gasteiger charge is 2.43. The first-order valence-corrected chi connectivity index (χ1v) is 10.7. The van der Waals surface area contributed by atoms with E-state index in [9.17, 15) is 9.59 Å². The van der Waals surface area contributed by atoms with Crippen LogP contribution < -0.4 is 10.2 Å². The van der Waals surface area contributed by atoms with Crippen molar-refractivity contribution in [1.82, 2.24) is 0 Å². The van der Waals surface area contributed by atoms with Gasteiger partial charge in [-0.05, 0) is 81.1 Å². The van der Waals surface area contributed by atoms with Crippen molar-refractivity contribution < 1.29 is 14.3 Å². The largest absolute Gasteiger partial charge is 0.464 e. The number of amides is 1. The van der Waals surface area contributed by atoms with Crippen molar-refractivity contribution in [2.75, 3.05) is 16.8 Å². The number of hydrogen-bond donors (Lipinski definition) is 1. The predicted molar refractivity (Wildman–Crippen MR) is 120 cm³/mol. The lowest BCUT2D eigenvalue weighted by molar-refractivity contribution is -0.145. The molecular weight excluding hydrogens is 432 g/mol. The van der Waals surface area contributed by atoms with E-state index in [1.807, 2.05) is 52.0 Å². The first-order valence-electron chi connectivity index (χ1n) is 9.92. The summed E-state index contributed by atoms with van der Waals surface area (Å²) in [4.78, 5) is 28.2. The Morgan fingerprint density at radius 1 is 1.07 bits per heavy atom. The summed E-state index contributed by atoms with van der Waals surface area (Å²) in [5.41, 5.74) is 5.27. The van der Waals surface area contributed by atoms with Gasteiger partial charge in [-0.3, -0.25) is 9.69 Å². The van der Waals surface area contributed by atoms with Crippen molar-refractivity contribution >= 4 is 39.2 Å². The topological polar surface area (TPSA) is 58.6 Å². The molecule has 6 heteroatoms. The Hall–Kier alpha value is -2.34. The number of fused-ring (bicyclic) bond motifs is 1. The molecule has 0 bridgehead atoms. The van der Waals surface area contributed by atoms with Crippen LogP contribution in [-0.2, 0) is 9.53 Å². The molecule has 3 rings (SSSR count). The van der Waals surface area contributed by atoms with Crippen LogP contribution in [0.4, 0.5) is 11.4 Å².